The Kier molecular flexibility index (Phi) is 2.46. The van der Waals surface area contributed by atoms with E-state index in [1.807, 2.05) is 0 Å². The number of hydrogen-bond donors (Lipinski definition) is 0. The van der Waals surface area contributed by atoms with Gasteiger partial charge in [0, 0.05) is 5.92 Å². The topological polar surface area (TPSA) is 0 Å². The summed E-state index contributed by atoms with van der Waals surface area (Å²) in [4.78, 5) is 0. The van der Waals surface area contributed by atoms with Crippen LogP contribution in [-0.2, 0) is 0 Å². The minimum absolute atomic E-state index is 0.00518. The molecular weight excluding hydrogens is 172 g/mol. The SMILES string of the molecule is C[SiH2]c1cccc(C2C=CC=C2)c1. The van der Waals surface area contributed by atoms with Gasteiger partial charge in [-0.25, -0.2) is 0 Å². The van der Waals surface area contributed by atoms with Gasteiger partial charge in [0.2, 0.25) is 0 Å². The standard InChI is InChI=1S/C12H14Si/c1-13-12-8-4-7-11(9-12)10-5-2-3-6-10/h2-10H,13H2,1H3. The first-order chi connectivity index (χ1) is 6.40. The highest BCUT2D eigenvalue weighted by atomic mass is 28.2. The minimum Gasteiger partial charge on any atom is -0.0732 e. The van der Waals surface area contributed by atoms with Crippen LogP contribution in [0.15, 0.2) is 48.6 Å². The predicted octanol–water partition coefficient (Wildman–Crippen LogP) is 1.74. The van der Waals surface area contributed by atoms with Gasteiger partial charge in [0.05, 0.1) is 9.52 Å². The van der Waals surface area contributed by atoms with E-state index < -0.39 is 0 Å². The zero-order chi connectivity index (χ0) is 9.10. The molecule has 0 spiro atoms. The van der Waals surface area contributed by atoms with E-state index in [0.717, 1.165) is 0 Å². The second-order valence-corrected chi connectivity index (χ2v) is 4.92. The van der Waals surface area contributed by atoms with Crippen LogP contribution in [0.4, 0.5) is 0 Å². The van der Waals surface area contributed by atoms with Crippen molar-refractivity contribution in [2.45, 2.75) is 12.5 Å². The zero-order valence-electron chi connectivity index (χ0n) is 7.90. The fourth-order valence-corrected chi connectivity index (χ4v) is 2.49. The van der Waals surface area contributed by atoms with Crippen LogP contribution < -0.4 is 5.19 Å². The second kappa shape index (κ2) is 3.75. The third-order valence-electron chi connectivity index (χ3n) is 2.49. The van der Waals surface area contributed by atoms with Gasteiger partial charge in [0.15, 0.2) is 0 Å². The maximum atomic E-state index is 2.36. The highest BCUT2D eigenvalue weighted by molar-refractivity contribution is 6.51. The Bertz CT molecular complexity index is 338. The van der Waals surface area contributed by atoms with Crippen LogP contribution in [0.3, 0.4) is 0 Å². The van der Waals surface area contributed by atoms with Gasteiger partial charge in [-0.2, -0.15) is 0 Å². The van der Waals surface area contributed by atoms with Crippen molar-refractivity contribution in [3.8, 4) is 0 Å². The molecule has 1 aromatic rings. The fourth-order valence-electron chi connectivity index (χ4n) is 1.67. The Balaban J connectivity index is 2.29. The summed E-state index contributed by atoms with van der Waals surface area (Å²) in [6.07, 6.45) is 8.74. The Morgan fingerprint density at radius 1 is 1.15 bits per heavy atom. The van der Waals surface area contributed by atoms with Crippen molar-refractivity contribution in [1.82, 2.24) is 0 Å². The van der Waals surface area contributed by atoms with Crippen molar-refractivity contribution in [1.29, 1.82) is 0 Å². The summed E-state index contributed by atoms with van der Waals surface area (Å²) in [5, 5.41) is 1.56. The molecule has 1 aromatic carbocycles. The van der Waals surface area contributed by atoms with E-state index in [4.69, 9.17) is 0 Å². The first kappa shape index (κ1) is 8.51. The normalized spacial score (nSPS) is 16.4. The van der Waals surface area contributed by atoms with E-state index in [-0.39, 0.29) is 9.52 Å². The van der Waals surface area contributed by atoms with Crippen molar-refractivity contribution in [3.63, 3.8) is 0 Å². The van der Waals surface area contributed by atoms with Crippen LogP contribution in [0.1, 0.15) is 11.5 Å². The lowest BCUT2D eigenvalue weighted by atomic mass is 10.0. The van der Waals surface area contributed by atoms with Gasteiger partial charge in [0.25, 0.3) is 0 Å². The van der Waals surface area contributed by atoms with Crippen LogP contribution in [0, 0.1) is 0 Å². The highest BCUT2D eigenvalue weighted by Gasteiger charge is 2.06. The van der Waals surface area contributed by atoms with E-state index in [1.54, 1.807) is 5.19 Å². The smallest absolute Gasteiger partial charge is 0.0517 e. The predicted molar refractivity (Wildman–Crippen MR) is 61.5 cm³/mol. The molecule has 0 nitrogen and oxygen atoms in total. The molecule has 0 radical (unpaired) electrons. The van der Waals surface area contributed by atoms with Gasteiger partial charge in [-0.05, 0) is 5.56 Å². The van der Waals surface area contributed by atoms with E-state index in [9.17, 15) is 0 Å². The van der Waals surface area contributed by atoms with Gasteiger partial charge in [-0.15, -0.1) is 0 Å². The molecule has 0 bridgehead atoms. The highest BCUT2D eigenvalue weighted by Crippen LogP contribution is 2.21. The Labute approximate surface area is 81.8 Å². The molecule has 0 fully saturated rings. The lowest BCUT2D eigenvalue weighted by molar-refractivity contribution is 1.11. The van der Waals surface area contributed by atoms with Gasteiger partial charge in [0.1, 0.15) is 0 Å². The molecule has 66 valence electrons. The molecular formula is C12H14Si. The van der Waals surface area contributed by atoms with Crippen LogP contribution in [0.25, 0.3) is 0 Å². The molecule has 2 rings (SSSR count). The quantitative estimate of drug-likeness (QED) is 0.617. The van der Waals surface area contributed by atoms with Crippen molar-refractivity contribution >= 4 is 14.7 Å². The number of allylic oxidation sites excluding steroid dienone is 4. The largest absolute Gasteiger partial charge is 0.0732 e. The van der Waals surface area contributed by atoms with Crippen LogP contribution >= 0.6 is 0 Å². The summed E-state index contributed by atoms with van der Waals surface area (Å²) in [5.41, 5.74) is 1.44. The van der Waals surface area contributed by atoms with Crippen LogP contribution in [0.2, 0.25) is 6.55 Å². The van der Waals surface area contributed by atoms with Gasteiger partial charge in [-0.3, -0.25) is 0 Å². The molecule has 0 amide bonds. The second-order valence-electron chi connectivity index (χ2n) is 3.39. The maximum absolute atomic E-state index is 2.36. The third-order valence-corrected chi connectivity index (χ3v) is 3.75. The first-order valence-corrected chi connectivity index (χ1v) is 6.96. The van der Waals surface area contributed by atoms with Gasteiger partial charge < -0.3 is 0 Å². The maximum Gasteiger partial charge on any atom is 0.0517 e. The fraction of sp³-hybridized carbons (Fsp3) is 0.167. The summed E-state index contributed by atoms with van der Waals surface area (Å²) < 4.78 is 0. The van der Waals surface area contributed by atoms with E-state index >= 15 is 0 Å². The molecule has 1 aliphatic carbocycles. The molecule has 0 saturated carbocycles. The molecule has 0 N–H and O–H groups in total. The van der Waals surface area contributed by atoms with E-state index in [0.29, 0.717) is 5.92 Å². The molecule has 0 saturated heterocycles. The van der Waals surface area contributed by atoms with E-state index in [2.05, 4.69) is 55.1 Å². The molecule has 0 heterocycles. The summed E-state index contributed by atoms with van der Waals surface area (Å²) in [5.74, 6) is 0.528. The van der Waals surface area contributed by atoms with Crippen molar-refractivity contribution in [3.05, 3.63) is 54.1 Å². The lowest BCUT2D eigenvalue weighted by Gasteiger charge is -2.06. The number of benzene rings is 1. The summed E-state index contributed by atoms with van der Waals surface area (Å²) in [7, 11) is -0.00518. The first-order valence-electron chi connectivity index (χ1n) is 4.84. The molecule has 0 atom stereocenters. The summed E-state index contributed by atoms with van der Waals surface area (Å²) >= 11 is 0. The van der Waals surface area contributed by atoms with Crippen molar-refractivity contribution in [2.75, 3.05) is 0 Å². The average molecular weight is 186 g/mol. The number of hydrogen-bond acceptors (Lipinski definition) is 0. The Morgan fingerprint density at radius 2 is 1.92 bits per heavy atom. The van der Waals surface area contributed by atoms with Crippen LogP contribution in [0.5, 0.6) is 0 Å². The van der Waals surface area contributed by atoms with Crippen LogP contribution in [-0.4, -0.2) is 9.52 Å². The third kappa shape index (κ3) is 1.81. The molecule has 0 aliphatic heterocycles. The minimum atomic E-state index is -0.00518. The zero-order valence-corrected chi connectivity index (χ0v) is 9.32. The van der Waals surface area contributed by atoms with Crippen molar-refractivity contribution in [2.24, 2.45) is 0 Å². The van der Waals surface area contributed by atoms with E-state index in [1.165, 1.54) is 5.56 Å². The molecule has 0 aromatic heterocycles. The Morgan fingerprint density at radius 3 is 2.62 bits per heavy atom. The molecule has 0 unspecified atom stereocenters. The molecule has 1 heteroatoms. The van der Waals surface area contributed by atoms with Crippen molar-refractivity contribution < 1.29 is 0 Å². The monoisotopic (exact) mass is 186 g/mol. The lowest BCUT2D eigenvalue weighted by Crippen LogP contribution is -2.10. The summed E-state index contributed by atoms with van der Waals surface area (Å²) in [6.45, 7) is 2.33. The molecule has 1 aliphatic rings. The molecule has 13 heavy (non-hydrogen) atoms. The Hall–Kier alpha value is -1.08. The number of rotatable bonds is 2. The van der Waals surface area contributed by atoms with Gasteiger partial charge >= 0.3 is 0 Å². The average Bonchev–Trinajstić information content (AvgIpc) is 2.71. The summed E-state index contributed by atoms with van der Waals surface area (Å²) in [6, 6.07) is 9.01. The van der Waals surface area contributed by atoms with Gasteiger partial charge in [-0.1, -0.05) is 60.3 Å².